The third kappa shape index (κ3) is 3.87. The van der Waals surface area contributed by atoms with Crippen molar-refractivity contribution in [2.75, 3.05) is 5.75 Å². The normalized spacial score (nSPS) is 13.6. The number of nitrogens with zero attached hydrogens (tertiary/aromatic N) is 2. The predicted octanol–water partition coefficient (Wildman–Crippen LogP) is 0.240. The summed E-state index contributed by atoms with van der Waals surface area (Å²) in [6.07, 6.45) is -7.08. The Hall–Kier alpha value is -1.22. The third-order valence-corrected chi connectivity index (χ3v) is 3.58. The van der Waals surface area contributed by atoms with E-state index < -0.39 is 29.3 Å². The Morgan fingerprint density at radius 3 is 2.42 bits per heavy atom. The summed E-state index contributed by atoms with van der Waals surface area (Å²) in [7, 11) is 2.74. The highest BCUT2D eigenvalue weighted by molar-refractivity contribution is 7.98. The van der Waals surface area contributed by atoms with E-state index in [1.165, 1.54) is 24.7 Å². The van der Waals surface area contributed by atoms with Gasteiger partial charge in [-0.1, -0.05) is 0 Å². The Bertz CT molecular complexity index is 565. The summed E-state index contributed by atoms with van der Waals surface area (Å²) in [6, 6.07) is 1.19. The van der Waals surface area contributed by atoms with Crippen LogP contribution in [0.15, 0.2) is 15.7 Å². The Labute approximate surface area is 110 Å². The van der Waals surface area contributed by atoms with E-state index in [0.717, 1.165) is 16.3 Å². The van der Waals surface area contributed by atoms with Crippen molar-refractivity contribution in [3.8, 4) is 0 Å². The highest BCUT2D eigenvalue weighted by Gasteiger charge is 2.37. The number of hydrogen-bond acceptors (Lipinski definition) is 4. The van der Waals surface area contributed by atoms with Crippen LogP contribution in [0.1, 0.15) is 5.69 Å². The SMILES string of the molecule is Cn1c(CSC[C@H](O)C(F)(F)F)cc(=O)n(C)c1=O. The van der Waals surface area contributed by atoms with Crippen molar-refractivity contribution >= 4 is 11.8 Å². The first-order valence-corrected chi connectivity index (χ1v) is 6.38. The van der Waals surface area contributed by atoms with Crippen LogP contribution in [-0.4, -0.2) is 32.3 Å². The van der Waals surface area contributed by atoms with Crippen molar-refractivity contribution in [3.63, 3.8) is 0 Å². The van der Waals surface area contributed by atoms with Crippen LogP contribution in [0.25, 0.3) is 0 Å². The standard InChI is InChI=1S/C10H13F3N2O3S/c1-14-6(3-8(17)15(2)9(14)18)4-19-5-7(16)10(11,12)13/h3,7,16H,4-5H2,1-2H3/t7-/m0/s1. The fourth-order valence-corrected chi connectivity index (χ4v) is 2.30. The third-order valence-electron chi connectivity index (χ3n) is 2.53. The van der Waals surface area contributed by atoms with Crippen molar-refractivity contribution in [2.24, 2.45) is 14.1 Å². The summed E-state index contributed by atoms with van der Waals surface area (Å²) in [6.45, 7) is 0. The fraction of sp³-hybridized carbons (Fsp3) is 0.600. The molecule has 0 amide bonds. The lowest BCUT2D eigenvalue weighted by molar-refractivity contribution is -0.195. The molecule has 1 N–H and O–H groups in total. The second kappa shape index (κ2) is 5.83. The Morgan fingerprint density at radius 2 is 1.89 bits per heavy atom. The van der Waals surface area contributed by atoms with Crippen LogP contribution in [0.5, 0.6) is 0 Å². The van der Waals surface area contributed by atoms with Gasteiger partial charge < -0.3 is 5.11 Å². The van der Waals surface area contributed by atoms with E-state index in [2.05, 4.69) is 0 Å². The zero-order chi connectivity index (χ0) is 14.8. The lowest BCUT2D eigenvalue weighted by atomic mass is 10.4. The lowest BCUT2D eigenvalue weighted by Gasteiger charge is -2.14. The average molecular weight is 298 g/mol. The van der Waals surface area contributed by atoms with Crippen LogP contribution in [-0.2, 0) is 19.8 Å². The van der Waals surface area contributed by atoms with Crippen LogP contribution in [0.4, 0.5) is 13.2 Å². The van der Waals surface area contributed by atoms with Crippen LogP contribution in [0, 0.1) is 0 Å². The van der Waals surface area contributed by atoms with Gasteiger partial charge in [0.1, 0.15) is 0 Å². The van der Waals surface area contributed by atoms with E-state index in [1.807, 2.05) is 0 Å². The molecule has 1 aromatic rings. The van der Waals surface area contributed by atoms with E-state index in [0.29, 0.717) is 5.69 Å². The van der Waals surface area contributed by atoms with Crippen molar-refractivity contribution in [2.45, 2.75) is 18.0 Å². The van der Waals surface area contributed by atoms with Gasteiger partial charge in [0.05, 0.1) is 0 Å². The van der Waals surface area contributed by atoms with Crippen molar-refractivity contribution < 1.29 is 18.3 Å². The molecule has 0 aliphatic rings. The van der Waals surface area contributed by atoms with Gasteiger partial charge in [0.2, 0.25) is 0 Å². The molecular formula is C10H13F3N2O3S. The first-order valence-electron chi connectivity index (χ1n) is 5.23. The minimum absolute atomic E-state index is 0.0367. The first kappa shape index (κ1) is 15.8. The maximum absolute atomic E-state index is 12.1. The average Bonchev–Trinajstić information content (AvgIpc) is 2.31. The molecule has 0 saturated carbocycles. The van der Waals surface area contributed by atoms with Crippen LogP contribution in [0.3, 0.4) is 0 Å². The molecular weight excluding hydrogens is 285 g/mol. The predicted molar refractivity (Wildman–Crippen MR) is 65.1 cm³/mol. The second-order valence-electron chi connectivity index (χ2n) is 3.95. The molecule has 5 nitrogen and oxygen atoms in total. The van der Waals surface area contributed by atoms with Gasteiger partial charge >= 0.3 is 11.9 Å². The van der Waals surface area contributed by atoms with Crippen LogP contribution in [0.2, 0.25) is 0 Å². The van der Waals surface area contributed by atoms with E-state index >= 15 is 0 Å². The highest BCUT2D eigenvalue weighted by atomic mass is 32.2. The maximum atomic E-state index is 12.1. The number of aliphatic hydroxyl groups excluding tert-OH is 1. The first-order chi connectivity index (χ1) is 8.64. The number of hydrogen-bond donors (Lipinski definition) is 1. The largest absolute Gasteiger partial charge is 0.415 e. The van der Waals surface area contributed by atoms with Crippen molar-refractivity contribution in [1.82, 2.24) is 9.13 Å². The Kier molecular flexibility index (Phi) is 4.86. The summed E-state index contributed by atoms with van der Waals surface area (Å²) in [5, 5.41) is 8.81. The molecule has 108 valence electrons. The van der Waals surface area contributed by atoms with Crippen molar-refractivity contribution in [3.05, 3.63) is 32.6 Å². The molecule has 9 heteroatoms. The van der Waals surface area contributed by atoms with Gasteiger partial charge in [-0.15, -0.1) is 0 Å². The molecule has 0 aromatic carbocycles. The minimum Gasteiger partial charge on any atom is -0.383 e. The van der Waals surface area contributed by atoms with Gasteiger partial charge in [0, 0.05) is 37.4 Å². The van der Waals surface area contributed by atoms with Gasteiger partial charge in [0.15, 0.2) is 6.10 Å². The summed E-state index contributed by atoms with van der Waals surface area (Å²) in [5.74, 6) is -0.512. The molecule has 0 fully saturated rings. The highest BCUT2D eigenvalue weighted by Crippen LogP contribution is 2.23. The molecule has 0 aliphatic heterocycles. The van der Waals surface area contributed by atoms with Gasteiger partial charge in [-0.3, -0.25) is 13.9 Å². The molecule has 0 spiro atoms. The maximum Gasteiger partial charge on any atom is 0.415 e. The van der Waals surface area contributed by atoms with Gasteiger partial charge in [-0.2, -0.15) is 24.9 Å². The second-order valence-corrected chi connectivity index (χ2v) is 4.98. The number of aliphatic hydroxyl groups is 1. The number of halogens is 3. The van der Waals surface area contributed by atoms with E-state index in [-0.39, 0.29) is 5.75 Å². The molecule has 19 heavy (non-hydrogen) atoms. The van der Waals surface area contributed by atoms with E-state index in [9.17, 15) is 22.8 Å². The quantitative estimate of drug-likeness (QED) is 0.865. The molecule has 0 unspecified atom stereocenters. The van der Waals surface area contributed by atoms with Gasteiger partial charge in [-0.25, -0.2) is 4.79 Å². The molecule has 1 rings (SSSR count). The van der Waals surface area contributed by atoms with Crippen LogP contribution >= 0.6 is 11.8 Å². The fourth-order valence-electron chi connectivity index (χ4n) is 1.29. The van der Waals surface area contributed by atoms with Gasteiger partial charge in [-0.05, 0) is 0 Å². The number of aromatic nitrogens is 2. The molecule has 1 atom stereocenters. The van der Waals surface area contributed by atoms with Crippen LogP contribution < -0.4 is 11.2 Å². The molecule has 1 heterocycles. The minimum atomic E-state index is -4.66. The smallest absolute Gasteiger partial charge is 0.383 e. The molecule has 0 saturated heterocycles. The van der Waals surface area contributed by atoms with E-state index in [1.54, 1.807) is 0 Å². The topological polar surface area (TPSA) is 64.2 Å². The molecule has 0 radical (unpaired) electrons. The van der Waals surface area contributed by atoms with Crippen molar-refractivity contribution in [1.29, 1.82) is 0 Å². The number of thioether (sulfide) groups is 1. The molecule has 1 aromatic heterocycles. The number of rotatable bonds is 4. The Morgan fingerprint density at radius 1 is 1.32 bits per heavy atom. The lowest BCUT2D eigenvalue weighted by Crippen LogP contribution is -2.38. The van der Waals surface area contributed by atoms with Gasteiger partial charge in [0.25, 0.3) is 5.56 Å². The number of alkyl halides is 3. The zero-order valence-corrected chi connectivity index (χ0v) is 11.1. The summed E-state index contributed by atoms with van der Waals surface area (Å²) in [5.41, 5.74) is -0.748. The molecule has 0 aliphatic carbocycles. The summed E-state index contributed by atoms with van der Waals surface area (Å²) in [4.78, 5) is 22.9. The zero-order valence-electron chi connectivity index (χ0n) is 10.3. The monoisotopic (exact) mass is 298 g/mol. The van der Waals surface area contributed by atoms with E-state index in [4.69, 9.17) is 5.11 Å². The summed E-state index contributed by atoms with van der Waals surface area (Å²) < 4.78 is 38.3. The summed E-state index contributed by atoms with van der Waals surface area (Å²) >= 11 is 0.801. The Balaban J connectivity index is 2.75. The molecule has 0 bridgehead atoms.